The predicted molar refractivity (Wildman–Crippen MR) is 85.4 cm³/mol. The van der Waals surface area contributed by atoms with Crippen LogP contribution < -0.4 is 5.73 Å². The van der Waals surface area contributed by atoms with E-state index < -0.39 is 0 Å². The normalized spacial score (nSPS) is 22.2. The van der Waals surface area contributed by atoms with Gasteiger partial charge in [-0.1, -0.05) is 30.7 Å². The molecule has 2 rings (SSSR count). The molecule has 1 aliphatic rings. The maximum absolute atomic E-state index is 12.4. The summed E-state index contributed by atoms with van der Waals surface area (Å²) in [7, 11) is 0. The maximum atomic E-state index is 12.4. The van der Waals surface area contributed by atoms with Gasteiger partial charge >= 0.3 is 0 Å². The molecule has 3 nitrogen and oxygen atoms in total. The van der Waals surface area contributed by atoms with Crippen LogP contribution in [0.25, 0.3) is 0 Å². The van der Waals surface area contributed by atoms with E-state index in [1.807, 2.05) is 29.2 Å². The van der Waals surface area contributed by atoms with E-state index >= 15 is 0 Å². The Labute approximate surface area is 131 Å². The Morgan fingerprint density at radius 3 is 2.90 bits per heavy atom. The second-order valence-electron chi connectivity index (χ2n) is 5.41. The molecule has 1 aliphatic heterocycles. The molecule has 2 unspecified atom stereocenters. The first-order valence-corrected chi connectivity index (χ1v) is 7.22. The third kappa shape index (κ3) is 4.37. The van der Waals surface area contributed by atoms with E-state index in [0.29, 0.717) is 23.9 Å². The van der Waals surface area contributed by atoms with Crippen LogP contribution in [-0.4, -0.2) is 29.9 Å². The lowest BCUT2D eigenvalue weighted by molar-refractivity contribution is -0.134. The number of amides is 1. The van der Waals surface area contributed by atoms with Crippen molar-refractivity contribution in [1.29, 1.82) is 0 Å². The monoisotopic (exact) mass is 316 g/mol. The molecular weight excluding hydrogens is 295 g/mol. The molecule has 2 N–H and O–H groups in total. The molecule has 1 aromatic rings. The zero-order chi connectivity index (χ0) is 13.8. The molecule has 1 aromatic carbocycles. The first-order valence-electron chi connectivity index (χ1n) is 6.84. The van der Waals surface area contributed by atoms with Gasteiger partial charge < -0.3 is 10.6 Å². The van der Waals surface area contributed by atoms with Crippen LogP contribution in [0.4, 0.5) is 0 Å². The Balaban J connectivity index is 0.00000200. The minimum atomic E-state index is 0. The molecule has 5 heteroatoms. The van der Waals surface area contributed by atoms with Crippen molar-refractivity contribution in [3.63, 3.8) is 0 Å². The van der Waals surface area contributed by atoms with Crippen LogP contribution in [0.5, 0.6) is 0 Å². The molecule has 1 fully saturated rings. The van der Waals surface area contributed by atoms with E-state index in [-0.39, 0.29) is 24.4 Å². The molecule has 0 saturated carbocycles. The molecule has 2 atom stereocenters. The second-order valence-corrected chi connectivity index (χ2v) is 5.85. The van der Waals surface area contributed by atoms with Crippen molar-refractivity contribution in [2.24, 2.45) is 11.7 Å². The molecule has 1 saturated heterocycles. The fourth-order valence-electron chi connectivity index (χ4n) is 2.73. The zero-order valence-corrected chi connectivity index (χ0v) is 13.3. The highest BCUT2D eigenvalue weighted by Crippen LogP contribution is 2.23. The summed E-state index contributed by atoms with van der Waals surface area (Å²) in [4.78, 5) is 14.3. The number of nitrogens with two attached hydrogens (primary N) is 1. The molecule has 112 valence electrons. The maximum Gasteiger partial charge on any atom is 0.227 e. The molecule has 20 heavy (non-hydrogen) atoms. The standard InChI is InChI=1S/C15H21ClN2O.ClH/c1-11-5-6-18(14(7-11)10-17)15(19)9-12-3-2-4-13(16)8-12;/h2-4,8,11,14H,5-7,9-10,17H2,1H3;1H. The Bertz CT molecular complexity index is 453. The first-order chi connectivity index (χ1) is 9.10. The molecule has 1 amide bonds. The van der Waals surface area contributed by atoms with Crippen LogP contribution in [0.15, 0.2) is 24.3 Å². The van der Waals surface area contributed by atoms with E-state index in [4.69, 9.17) is 17.3 Å². The van der Waals surface area contributed by atoms with Gasteiger partial charge in [0.15, 0.2) is 0 Å². The lowest BCUT2D eigenvalue weighted by Crippen LogP contribution is -2.49. The summed E-state index contributed by atoms with van der Waals surface area (Å²) >= 11 is 5.94. The number of hydrogen-bond acceptors (Lipinski definition) is 2. The van der Waals surface area contributed by atoms with Gasteiger partial charge in [0, 0.05) is 24.2 Å². The predicted octanol–water partition coefficient (Wildman–Crippen LogP) is 2.89. The molecule has 0 spiro atoms. The fraction of sp³-hybridized carbons (Fsp3) is 0.533. The molecule has 0 aromatic heterocycles. The number of carbonyl (C=O) groups excluding carboxylic acids is 1. The van der Waals surface area contributed by atoms with Crippen LogP contribution in [0.3, 0.4) is 0 Å². The minimum absolute atomic E-state index is 0. The van der Waals surface area contributed by atoms with Gasteiger partial charge in [-0.3, -0.25) is 4.79 Å². The van der Waals surface area contributed by atoms with Gasteiger partial charge in [0.05, 0.1) is 6.42 Å². The molecule has 1 heterocycles. The Kier molecular flexibility index (Phi) is 6.80. The molecule has 0 radical (unpaired) electrons. The average molecular weight is 317 g/mol. The highest BCUT2D eigenvalue weighted by Gasteiger charge is 2.28. The number of benzene rings is 1. The third-order valence-corrected chi connectivity index (χ3v) is 4.05. The van der Waals surface area contributed by atoms with Crippen molar-refractivity contribution in [2.45, 2.75) is 32.2 Å². The smallest absolute Gasteiger partial charge is 0.227 e. The largest absolute Gasteiger partial charge is 0.338 e. The summed E-state index contributed by atoms with van der Waals surface area (Å²) < 4.78 is 0. The fourth-order valence-corrected chi connectivity index (χ4v) is 2.94. The highest BCUT2D eigenvalue weighted by molar-refractivity contribution is 6.30. The Morgan fingerprint density at radius 1 is 1.50 bits per heavy atom. The van der Waals surface area contributed by atoms with Crippen LogP contribution in [0.1, 0.15) is 25.3 Å². The average Bonchev–Trinajstić information content (AvgIpc) is 2.38. The van der Waals surface area contributed by atoms with Crippen molar-refractivity contribution in [3.05, 3.63) is 34.9 Å². The van der Waals surface area contributed by atoms with Gasteiger partial charge in [0.2, 0.25) is 5.91 Å². The summed E-state index contributed by atoms with van der Waals surface area (Å²) in [5, 5.41) is 0.674. The number of nitrogens with zero attached hydrogens (tertiary/aromatic N) is 1. The summed E-state index contributed by atoms with van der Waals surface area (Å²) in [5.74, 6) is 0.813. The second kappa shape index (κ2) is 7.87. The van der Waals surface area contributed by atoms with Crippen molar-refractivity contribution >= 4 is 29.9 Å². The minimum Gasteiger partial charge on any atom is -0.338 e. The van der Waals surface area contributed by atoms with E-state index in [9.17, 15) is 4.79 Å². The van der Waals surface area contributed by atoms with Gasteiger partial charge in [-0.15, -0.1) is 12.4 Å². The van der Waals surface area contributed by atoms with E-state index in [1.54, 1.807) is 0 Å². The summed E-state index contributed by atoms with van der Waals surface area (Å²) in [6.45, 7) is 3.59. The Morgan fingerprint density at radius 2 is 2.25 bits per heavy atom. The first kappa shape index (κ1) is 17.3. The number of hydrogen-bond donors (Lipinski definition) is 1. The SMILES string of the molecule is CC1CCN(C(=O)Cc2cccc(Cl)c2)C(CN)C1.Cl. The molecule has 0 bridgehead atoms. The zero-order valence-electron chi connectivity index (χ0n) is 11.7. The van der Waals surface area contributed by atoms with Crippen molar-refractivity contribution in [3.8, 4) is 0 Å². The lowest BCUT2D eigenvalue weighted by atomic mass is 9.92. The lowest BCUT2D eigenvalue weighted by Gasteiger charge is -2.38. The molecule has 0 aliphatic carbocycles. The van der Waals surface area contributed by atoms with Crippen LogP contribution >= 0.6 is 24.0 Å². The molecular formula is C15H22Cl2N2O. The van der Waals surface area contributed by atoms with Gasteiger partial charge in [-0.2, -0.15) is 0 Å². The van der Waals surface area contributed by atoms with Gasteiger partial charge in [0.1, 0.15) is 0 Å². The number of carbonyl (C=O) groups is 1. The van der Waals surface area contributed by atoms with Crippen molar-refractivity contribution in [2.75, 3.05) is 13.1 Å². The third-order valence-electron chi connectivity index (χ3n) is 3.81. The summed E-state index contributed by atoms with van der Waals surface area (Å²) in [5.41, 5.74) is 6.76. The van der Waals surface area contributed by atoms with E-state index in [0.717, 1.165) is 24.9 Å². The number of likely N-dealkylation sites (tertiary alicyclic amines) is 1. The number of piperidine rings is 1. The van der Waals surface area contributed by atoms with E-state index in [2.05, 4.69) is 6.92 Å². The summed E-state index contributed by atoms with van der Waals surface area (Å²) in [6.07, 6.45) is 2.49. The number of halogens is 2. The highest BCUT2D eigenvalue weighted by atomic mass is 35.5. The Hall–Kier alpha value is -0.770. The number of rotatable bonds is 3. The van der Waals surface area contributed by atoms with Crippen LogP contribution in [0, 0.1) is 5.92 Å². The van der Waals surface area contributed by atoms with Crippen LogP contribution in [-0.2, 0) is 11.2 Å². The van der Waals surface area contributed by atoms with Crippen LogP contribution in [0.2, 0.25) is 5.02 Å². The summed E-state index contributed by atoms with van der Waals surface area (Å²) in [6, 6.07) is 7.68. The van der Waals surface area contributed by atoms with E-state index in [1.165, 1.54) is 0 Å². The van der Waals surface area contributed by atoms with Gasteiger partial charge in [0.25, 0.3) is 0 Å². The van der Waals surface area contributed by atoms with Crippen molar-refractivity contribution in [1.82, 2.24) is 4.90 Å². The van der Waals surface area contributed by atoms with Gasteiger partial charge in [-0.05, 0) is 36.5 Å². The topological polar surface area (TPSA) is 46.3 Å². The quantitative estimate of drug-likeness (QED) is 0.932. The van der Waals surface area contributed by atoms with Crippen molar-refractivity contribution < 1.29 is 4.79 Å². The van der Waals surface area contributed by atoms with Gasteiger partial charge in [-0.25, -0.2) is 0 Å².